The van der Waals surface area contributed by atoms with Crippen molar-refractivity contribution in [3.63, 3.8) is 0 Å². The first kappa shape index (κ1) is 23.2. The Hall–Kier alpha value is -3.58. The largest absolute Gasteiger partial charge is 0.481 e. The molecule has 2 aromatic carbocycles. The molecular weight excluding hydrogens is 442 g/mol. The molecule has 0 bridgehead atoms. The number of likely N-dealkylation sites (tertiary alicyclic amines) is 1. The lowest BCUT2D eigenvalue weighted by Crippen LogP contribution is -2.41. The van der Waals surface area contributed by atoms with E-state index in [1.165, 1.54) is 5.56 Å². The number of amides is 1. The van der Waals surface area contributed by atoms with Crippen molar-refractivity contribution < 1.29 is 19.0 Å². The molecule has 2 aliphatic heterocycles. The highest BCUT2D eigenvalue weighted by Crippen LogP contribution is 2.33. The number of benzene rings is 2. The molecule has 7 nitrogen and oxygen atoms in total. The van der Waals surface area contributed by atoms with Crippen LogP contribution in [0.5, 0.6) is 17.4 Å². The van der Waals surface area contributed by atoms with Crippen molar-refractivity contribution in [1.29, 1.82) is 0 Å². The van der Waals surface area contributed by atoms with Gasteiger partial charge < -0.3 is 19.5 Å². The van der Waals surface area contributed by atoms with Crippen molar-refractivity contribution in [3.8, 4) is 17.4 Å². The zero-order valence-corrected chi connectivity index (χ0v) is 20.2. The third-order valence-corrected chi connectivity index (χ3v) is 6.89. The molecule has 182 valence electrons. The van der Waals surface area contributed by atoms with Crippen molar-refractivity contribution in [2.75, 3.05) is 27.0 Å². The Morgan fingerprint density at radius 2 is 1.91 bits per heavy atom. The third kappa shape index (κ3) is 5.25. The van der Waals surface area contributed by atoms with Crippen LogP contribution in [0.2, 0.25) is 0 Å². The first-order valence-electron chi connectivity index (χ1n) is 12.1. The fraction of sp³-hybridized carbons (Fsp3) is 0.357. The molecule has 35 heavy (non-hydrogen) atoms. The lowest BCUT2D eigenvalue weighted by molar-refractivity contribution is -0.127. The van der Waals surface area contributed by atoms with Crippen molar-refractivity contribution in [2.45, 2.75) is 32.4 Å². The Morgan fingerprint density at radius 3 is 2.66 bits per heavy atom. The van der Waals surface area contributed by atoms with Gasteiger partial charge in [0.1, 0.15) is 0 Å². The van der Waals surface area contributed by atoms with Crippen molar-refractivity contribution in [1.82, 2.24) is 15.2 Å². The molecule has 5 rings (SSSR count). The van der Waals surface area contributed by atoms with Gasteiger partial charge in [-0.05, 0) is 73.3 Å². The number of hydrogen-bond donors (Lipinski definition) is 1. The number of nitrogens with one attached hydrogen (secondary N) is 1. The number of methoxy groups -OCH3 is 1. The van der Waals surface area contributed by atoms with E-state index in [0.29, 0.717) is 5.88 Å². The van der Waals surface area contributed by atoms with Crippen LogP contribution in [-0.4, -0.2) is 42.8 Å². The zero-order chi connectivity index (χ0) is 24.2. The summed E-state index contributed by atoms with van der Waals surface area (Å²) in [6.45, 7) is 4.96. The minimum atomic E-state index is -0.256. The Bertz CT molecular complexity index is 1170. The fourth-order valence-corrected chi connectivity index (χ4v) is 4.85. The maximum Gasteiger partial charge on any atom is 0.231 e. The number of nitrogens with zero attached hydrogens (tertiary/aromatic N) is 2. The van der Waals surface area contributed by atoms with Gasteiger partial charge in [0.05, 0.1) is 13.2 Å². The summed E-state index contributed by atoms with van der Waals surface area (Å²) in [6.07, 6.45) is 3.44. The number of rotatable bonds is 7. The van der Waals surface area contributed by atoms with Crippen LogP contribution in [0, 0.1) is 12.8 Å². The minimum Gasteiger partial charge on any atom is -0.481 e. The molecule has 0 aliphatic carbocycles. The Morgan fingerprint density at radius 1 is 1.11 bits per heavy atom. The summed E-state index contributed by atoms with van der Waals surface area (Å²) in [5.41, 5.74) is 4.35. The summed E-state index contributed by atoms with van der Waals surface area (Å²) in [5, 5.41) is 3.32. The number of carbonyl (C=O) groups excluding carboxylic acids is 1. The number of aromatic nitrogens is 1. The summed E-state index contributed by atoms with van der Waals surface area (Å²) >= 11 is 0. The average Bonchev–Trinajstić information content (AvgIpc) is 3.36. The summed E-state index contributed by atoms with van der Waals surface area (Å²) < 4.78 is 16.1. The van der Waals surface area contributed by atoms with Crippen LogP contribution >= 0.6 is 0 Å². The van der Waals surface area contributed by atoms with Crippen LogP contribution in [0.15, 0.2) is 60.8 Å². The van der Waals surface area contributed by atoms with Gasteiger partial charge in [0, 0.05) is 24.7 Å². The van der Waals surface area contributed by atoms with Crippen molar-refractivity contribution in [2.24, 2.45) is 5.92 Å². The van der Waals surface area contributed by atoms with Gasteiger partial charge in [-0.3, -0.25) is 9.69 Å². The fourth-order valence-electron chi connectivity index (χ4n) is 4.85. The molecule has 7 heteroatoms. The Balaban J connectivity index is 1.23. The van der Waals surface area contributed by atoms with E-state index in [1.807, 2.05) is 30.3 Å². The molecule has 1 aromatic heterocycles. The van der Waals surface area contributed by atoms with Gasteiger partial charge in [-0.2, -0.15) is 0 Å². The third-order valence-electron chi connectivity index (χ3n) is 6.89. The van der Waals surface area contributed by atoms with Gasteiger partial charge in [-0.15, -0.1) is 0 Å². The molecule has 1 amide bonds. The Kier molecular flexibility index (Phi) is 6.86. The van der Waals surface area contributed by atoms with E-state index in [4.69, 9.17) is 14.2 Å². The summed E-state index contributed by atoms with van der Waals surface area (Å²) in [5.74, 6) is 2.25. The lowest BCUT2D eigenvalue weighted by Gasteiger charge is -2.32. The molecule has 1 fully saturated rings. The minimum absolute atomic E-state index is 0.0132. The average molecular weight is 474 g/mol. The molecule has 3 heterocycles. The first-order chi connectivity index (χ1) is 17.1. The molecule has 1 unspecified atom stereocenters. The monoisotopic (exact) mass is 473 g/mol. The highest BCUT2D eigenvalue weighted by atomic mass is 16.7. The van der Waals surface area contributed by atoms with E-state index in [-0.39, 0.29) is 24.7 Å². The van der Waals surface area contributed by atoms with Gasteiger partial charge in [-0.1, -0.05) is 30.3 Å². The van der Waals surface area contributed by atoms with E-state index in [9.17, 15) is 4.79 Å². The van der Waals surface area contributed by atoms with Crippen LogP contribution in [0.25, 0.3) is 0 Å². The van der Waals surface area contributed by atoms with Crippen LogP contribution in [0.3, 0.4) is 0 Å². The summed E-state index contributed by atoms with van der Waals surface area (Å²) in [7, 11) is 1.60. The predicted molar refractivity (Wildman–Crippen MR) is 133 cm³/mol. The maximum absolute atomic E-state index is 13.4. The number of carbonyl (C=O) groups is 1. The summed E-state index contributed by atoms with van der Waals surface area (Å²) in [4.78, 5) is 20.1. The smallest absolute Gasteiger partial charge is 0.231 e. The molecular formula is C28H31N3O4. The van der Waals surface area contributed by atoms with Gasteiger partial charge in [-0.25, -0.2) is 4.98 Å². The van der Waals surface area contributed by atoms with Gasteiger partial charge in [0.25, 0.3) is 0 Å². The lowest BCUT2D eigenvalue weighted by atomic mass is 9.92. The standard InChI is InChI=1S/C28H31N3O4/c1-19-5-3-4-6-23(19)27(22-8-10-26(33-2)29-16-22)30-28(32)21-11-13-31(14-12-21)17-20-7-9-24-25(15-20)35-18-34-24/h3-10,15-16,21,27H,11-14,17-18H2,1-2H3,(H,30,32). The predicted octanol–water partition coefficient (Wildman–Crippen LogP) is 4.25. The molecule has 1 saturated heterocycles. The molecule has 1 atom stereocenters. The van der Waals surface area contributed by atoms with Crippen LogP contribution in [0.4, 0.5) is 0 Å². The van der Waals surface area contributed by atoms with Crippen LogP contribution < -0.4 is 19.5 Å². The second-order valence-corrected chi connectivity index (χ2v) is 9.17. The van der Waals surface area contributed by atoms with Gasteiger partial charge >= 0.3 is 0 Å². The number of piperidine rings is 1. The highest BCUT2D eigenvalue weighted by molar-refractivity contribution is 5.79. The number of hydrogen-bond acceptors (Lipinski definition) is 6. The zero-order valence-electron chi connectivity index (χ0n) is 20.2. The van der Waals surface area contributed by atoms with Crippen LogP contribution in [0.1, 0.15) is 41.1 Å². The van der Waals surface area contributed by atoms with E-state index in [2.05, 4.69) is 46.4 Å². The van der Waals surface area contributed by atoms with Crippen molar-refractivity contribution in [3.05, 3.63) is 83.0 Å². The van der Waals surface area contributed by atoms with Crippen molar-refractivity contribution >= 4 is 5.91 Å². The molecule has 2 aliphatic rings. The molecule has 0 saturated carbocycles. The number of aryl methyl sites for hydroxylation is 1. The maximum atomic E-state index is 13.4. The van der Waals surface area contributed by atoms with E-state index < -0.39 is 0 Å². The molecule has 3 aromatic rings. The van der Waals surface area contributed by atoms with Gasteiger partial charge in [0.15, 0.2) is 11.5 Å². The first-order valence-corrected chi connectivity index (χ1v) is 12.1. The topological polar surface area (TPSA) is 72.9 Å². The highest BCUT2D eigenvalue weighted by Gasteiger charge is 2.28. The van der Waals surface area contributed by atoms with E-state index >= 15 is 0 Å². The van der Waals surface area contributed by atoms with Crippen LogP contribution in [-0.2, 0) is 11.3 Å². The Labute approximate surface area is 206 Å². The normalized spacial score (nSPS) is 16.6. The second kappa shape index (κ2) is 10.4. The SMILES string of the molecule is COc1ccc(C(NC(=O)C2CCN(Cc3ccc4c(c3)OCO4)CC2)c2ccccc2C)cn1. The van der Waals surface area contributed by atoms with Gasteiger partial charge in [0.2, 0.25) is 18.6 Å². The molecule has 1 N–H and O–H groups in total. The number of ether oxygens (including phenoxy) is 3. The van der Waals surface area contributed by atoms with E-state index in [0.717, 1.165) is 60.7 Å². The number of pyridine rings is 1. The molecule has 0 radical (unpaired) electrons. The second-order valence-electron chi connectivity index (χ2n) is 9.17. The van der Waals surface area contributed by atoms with E-state index in [1.54, 1.807) is 13.3 Å². The molecule has 0 spiro atoms. The quantitative estimate of drug-likeness (QED) is 0.553. The number of fused-ring (bicyclic) bond motifs is 1. The summed E-state index contributed by atoms with van der Waals surface area (Å²) in [6, 6.07) is 17.8.